The van der Waals surface area contributed by atoms with Crippen LogP contribution in [0.15, 0.2) is 48.0 Å². The third-order valence-electron chi connectivity index (χ3n) is 3.82. The molecule has 0 unspecified atom stereocenters. The van der Waals surface area contributed by atoms with Gasteiger partial charge in [-0.05, 0) is 42.7 Å². The van der Waals surface area contributed by atoms with Crippen LogP contribution in [0.3, 0.4) is 0 Å². The second-order valence-electron chi connectivity index (χ2n) is 5.93. The molecule has 0 aromatic heterocycles. The number of rotatable bonds is 6. The van der Waals surface area contributed by atoms with Gasteiger partial charge < -0.3 is 10.1 Å². The number of halogens is 1. The first-order chi connectivity index (χ1) is 13.0. The zero-order valence-corrected chi connectivity index (χ0v) is 14.8. The fourth-order valence-electron chi connectivity index (χ4n) is 2.31. The van der Waals surface area contributed by atoms with Crippen molar-refractivity contribution in [1.29, 1.82) is 5.26 Å². The average Bonchev–Trinajstić information content (AvgIpc) is 3.46. The molecular weight excluding hydrogens is 370 g/mol. The number of carbonyl (C=O) groups excluding carboxylic acids is 1. The summed E-state index contributed by atoms with van der Waals surface area (Å²) in [5, 5.41) is 23.6. The molecule has 1 amide bonds. The molecule has 0 bridgehead atoms. The maximum atomic E-state index is 12.0. The van der Waals surface area contributed by atoms with Gasteiger partial charge in [-0.2, -0.15) is 5.26 Å². The zero-order valence-electron chi connectivity index (χ0n) is 14.0. The molecule has 0 radical (unpaired) electrons. The van der Waals surface area contributed by atoms with Crippen molar-refractivity contribution in [2.24, 2.45) is 0 Å². The topological polar surface area (TPSA) is 105 Å². The Balaban J connectivity index is 1.90. The van der Waals surface area contributed by atoms with Gasteiger partial charge in [0.2, 0.25) is 5.75 Å². The van der Waals surface area contributed by atoms with E-state index in [0.717, 1.165) is 12.8 Å². The van der Waals surface area contributed by atoms with Crippen LogP contribution in [-0.4, -0.2) is 16.9 Å². The standard InChI is InChI=1S/C19H14ClN3O4/c20-15-3-1-2-4-17(15)27-18-8-5-12(10-16(18)23(25)26)9-13(11-21)19(24)22-14-6-7-14/h1-5,8-10,14H,6-7H2,(H,22,24)/b13-9+. The van der Waals surface area contributed by atoms with Crippen molar-refractivity contribution in [2.75, 3.05) is 0 Å². The van der Waals surface area contributed by atoms with Gasteiger partial charge in [0.05, 0.1) is 9.95 Å². The first kappa shape index (κ1) is 18.4. The lowest BCUT2D eigenvalue weighted by atomic mass is 10.1. The Morgan fingerprint density at radius 2 is 2.04 bits per heavy atom. The zero-order chi connectivity index (χ0) is 19.4. The predicted molar refractivity (Wildman–Crippen MR) is 99.4 cm³/mol. The lowest BCUT2D eigenvalue weighted by molar-refractivity contribution is -0.385. The molecule has 1 N–H and O–H groups in total. The Hall–Kier alpha value is -3.37. The molecule has 2 aromatic carbocycles. The van der Waals surface area contributed by atoms with Gasteiger partial charge in [-0.15, -0.1) is 0 Å². The summed E-state index contributed by atoms with van der Waals surface area (Å²) in [5.74, 6) is -0.197. The molecule has 0 saturated heterocycles. The molecule has 0 atom stereocenters. The van der Waals surface area contributed by atoms with Gasteiger partial charge in [-0.1, -0.05) is 29.8 Å². The lowest BCUT2D eigenvalue weighted by Gasteiger charge is -2.08. The summed E-state index contributed by atoms with van der Waals surface area (Å²) in [7, 11) is 0. The minimum absolute atomic E-state index is 0.00573. The lowest BCUT2D eigenvalue weighted by Crippen LogP contribution is -2.26. The van der Waals surface area contributed by atoms with Crippen LogP contribution in [-0.2, 0) is 4.79 Å². The predicted octanol–water partition coefficient (Wildman–Crippen LogP) is 4.23. The maximum Gasteiger partial charge on any atom is 0.312 e. The average molecular weight is 384 g/mol. The van der Waals surface area contributed by atoms with Crippen LogP contribution in [0.5, 0.6) is 11.5 Å². The Labute approximate surface area is 160 Å². The van der Waals surface area contributed by atoms with E-state index in [4.69, 9.17) is 16.3 Å². The Bertz CT molecular complexity index is 977. The number of ether oxygens (including phenoxy) is 1. The van der Waals surface area contributed by atoms with E-state index in [1.54, 1.807) is 24.3 Å². The highest BCUT2D eigenvalue weighted by molar-refractivity contribution is 6.32. The molecule has 1 saturated carbocycles. The molecule has 1 aliphatic rings. The van der Waals surface area contributed by atoms with E-state index in [9.17, 15) is 20.2 Å². The third-order valence-corrected chi connectivity index (χ3v) is 4.14. The number of nitro groups is 1. The summed E-state index contributed by atoms with van der Waals surface area (Å²) < 4.78 is 5.56. The summed E-state index contributed by atoms with van der Waals surface area (Å²) in [5.41, 5.74) is -0.0739. The van der Waals surface area contributed by atoms with E-state index in [1.807, 2.05) is 6.07 Å². The molecule has 1 fully saturated rings. The number of nitriles is 1. The van der Waals surface area contributed by atoms with Gasteiger partial charge in [0.25, 0.3) is 5.91 Å². The Morgan fingerprint density at radius 3 is 2.67 bits per heavy atom. The number of amides is 1. The van der Waals surface area contributed by atoms with Gasteiger partial charge in [0.15, 0.2) is 0 Å². The van der Waals surface area contributed by atoms with Crippen molar-refractivity contribution in [3.05, 3.63) is 68.7 Å². The summed E-state index contributed by atoms with van der Waals surface area (Å²) in [6.45, 7) is 0. The molecule has 0 aliphatic heterocycles. The van der Waals surface area contributed by atoms with Crippen LogP contribution < -0.4 is 10.1 Å². The van der Waals surface area contributed by atoms with Crippen LogP contribution in [0.4, 0.5) is 5.69 Å². The number of nitrogens with zero attached hydrogens (tertiary/aromatic N) is 2. The molecule has 3 rings (SSSR count). The molecule has 2 aromatic rings. The fourth-order valence-corrected chi connectivity index (χ4v) is 2.48. The van der Waals surface area contributed by atoms with Gasteiger partial charge in [0.1, 0.15) is 17.4 Å². The Morgan fingerprint density at radius 1 is 1.30 bits per heavy atom. The number of para-hydroxylation sites is 1. The number of hydrogen-bond acceptors (Lipinski definition) is 5. The van der Waals surface area contributed by atoms with E-state index in [0.29, 0.717) is 10.6 Å². The monoisotopic (exact) mass is 383 g/mol. The highest BCUT2D eigenvalue weighted by Crippen LogP contribution is 2.35. The first-order valence-corrected chi connectivity index (χ1v) is 8.49. The number of carbonyl (C=O) groups is 1. The molecule has 7 nitrogen and oxygen atoms in total. The molecule has 0 spiro atoms. The fraction of sp³-hybridized carbons (Fsp3) is 0.158. The minimum atomic E-state index is -0.597. The smallest absolute Gasteiger partial charge is 0.312 e. The van der Waals surface area contributed by atoms with Crippen LogP contribution in [0.1, 0.15) is 18.4 Å². The van der Waals surface area contributed by atoms with Crippen molar-refractivity contribution in [1.82, 2.24) is 5.32 Å². The number of hydrogen-bond donors (Lipinski definition) is 1. The maximum absolute atomic E-state index is 12.0. The second-order valence-corrected chi connectivity index (χ2v) is 6.34. The number of nitro benzene ring substituents is 1. The second kappa shape index (κ2) is 7.89. The molecular formula is C19H14ClN3O4. The van der Waals surface area contributed by atoms with Crippen LogP contribution in [0, 0.1) is 21.4 Å². The van der Waals surface area contributed by atoms with Crippen LogP contribution in [0.25, 0.3) is 6.08 Å². The third kappa shape index (κ3) is 4.63. The summed E-state index contributed by atoms with van der Waals surface area (Å²) in [4.78, 5) is 22.8. The normalized spacial score (nSPS) is 13.6. The molecule has 8 heteroatoms. The molecule has 27 heavy (non-hydrogen) atoms. The van der Waals surface area contributed by atoms with Gasteiger partial charge in [-0.3, -0.25) is 14.9 Å². The highest BCUT2D eigenvalue weighted by Gasteiger charge is 2.25. The number of benzene rings is 2. The van der Waals surface area contributed by atoms with E-state index >= 15 is 0 Å². The van der Waals surface area contributed by atoms with Gasteiger partial charge in [0, 0.05) is 12.1 Å². The molecule has 1 aliphatic carbocycles. The van der Waals surface area contributed by atoms with Gasteiger partial charge in [-0.25, -0.2) is 0 Å². The minimum Gasteiger partial charge on any atom is -0.449 e. The molecule has 0 heterocycles. The summed E-state index contributed by atoms with van der Waals surface area (Å²) >= 11 is 6.02. The van der Waals surface area contributed by atoms with Crippen molar-refractivity contribution in [3.8, 4) is 17.6 Å². The van der Waals surface area contributed by atoms with E-state index < -0.39 is 10.8 Å². The van der Waals surface area contributed by atoms with Crippen molar-refractivity contribution < 1.29 is 14.5 Å². The first-order valence-electron chi connectivity index (χ1n) is 8.11. The number of nitrogens with one attached hydrogen (secondary N) is 1. The van der Waals surface area contributed by atoms with Gasteiger partial charge >= 0.3 is 5.69 Å². The summed E-state index contributed by atoms with van der Waals surface area (Å²) in [6, 6.07) is 12.7. The van der Waals surface area contributed by atoms with Crippen LogP contribution in [0.2, 0.25) is 5.02 Å². The largest absolute Gasteiger partial charge is 0.449 e. The van der Waals surface area contributed by atoms with E-state index in [1.165, 1.54) is 24.3 Å². The van der Waals surface area contributed by atoms with Crippen LogP contribution >= 0.6 is 11.6 Å². The van der Waals surface area contributed by atoms with E-state index in [-0.39, 0.29) is 28.8 Å². The van der Waals surface area contributed by atoms with E-state index in [2.05, 4.69) is 5.32 Å². The Kier molecular flexibility index (Phi) is 5.38. The van der Waals surface area contributed by atoms with Crippen molar-refractivity contribution in [2.45, 2.75) is 18.9 Å². The highest BCUT2D eigenvalue weighted by atomic mass is 35.5. The quantitative estimate of drug-likeness (QED) is 0.348. The van der Waals surface area contributed by atoms with Crippen molar-refractivity contribution >= 4 is 29.3 Å². The SMILES string of the molecule is N#C/C(=C\c1ccc(Oc2ccccc2Cl)c([N+](=O)[O-])c1)C(=O)NC1CC1. The van der Waals surface area contributed by atoms with Crippen molar-refractivity contribution in [3.63, 3.8) is 0 Å². The summed E-state index contributed by atoms with van der Waals surface area (Å²) in [6.07, 6.45) is 3.10. The molecule has 136 valence electrons.